The van der Waals surface area contributed by atoms with Gasteiger partial charge in [-0.2, -0.15) is 22.0 Å². The molecule has 11 heteroatoms. The third kappa shape index (κ3) is 4.27. The minimum Gasteiger partial charge on any atom is -0.369 e. The molecule has 2 aromatic rings. The first-order valence-corrected chi connectivity index (χ1v) is 9.73. The molecule has 0 fully saturated rings. The summed E-state index contributed by atoms with van der Waals surface area (Å²) in [5.41, 5.74) is 4.18. The van der Waals surface area contributed by atoms with Crippen LogP contribution in [0, 0.1) is 5.41 Å². The van der Waals surface area contributed by atoms with E-state index in [0.717, 1.165) is 13.8 Å². The number of amides is 3. The average Bonchev–Trinajstić information content (AvgIpc) is 2.84. The zero-order valence-corrected chi connectivity index (χ0v) is 17.5. The number of anilines is 1. The van der Waals surface area contributed by atoms with Crippen molar-refractivity contribution in [1.29, 1.82) is 0 Å². The van der Waals surface area contributed by atoms with Crippen LogP contribution in [0.2, 0.25) is 0 Å². The molecule has 1 atom stereocenters. The Morgan fingerprint density at radius 1 is 0.970 bits per heavy atom. The second-order valence-corrected chi connectivity index (χ2v) is 8.15. The molecule has 6 nitrogen and oxygen atoms in total. The van der Waals surface area contributed by atoms with E-state index < -0.39 is 47.8 Å². The number of nitrogens with two attached hydrogens (primary N) is 1. The topological polar surface area (TPSA) is 92.5 Å². The molecule has 0 aliphatic carbocycles. The molecule has 1 aliphatic rings. The van der Waals surface area contributed by atoms with E-state index in [9.17, 15) is 36.3 Å². The van der Waals surface area contributed by atoms with Crippen LogP contribution in [0.25, 0.3) is 11.1 Å². The lowest BCUT2D eigenvalue weighted by molar-refractivity contribution is -0.286. The molecule has 0 saturated heterocycles. The summed E-state index contributed by atoms with van der Waals surface area (Å²) in [7, 11) is 0. The Morgan fingerprint density at radius 3 is 2.09 bits per heavy atom. The summed E-state index contributed by atoms with van der Waals surface area (Å²) < 4.78 is 67.6. The smallest absolute Gasteiger partial charge is 0.369 e. The summed E-state index contributed by atoms with van der Waals surface area (Å²) in [5, 5.41) is 2.48. The fourth-order valence-corrected chi connectivity index (χ4v) is 3.51. The van der Waals surface area contributed by atoms with Crippen LogP contribution in [0.15, 0.2) is 48.5 Å². The number of hydrogen-bond acceptors (Lipinski definition) is 3. The summed E-state index contributed by atoms with van der Waals surface area (Å²) >= 11 is 0. The van der Waals surface area contributed by atoms with Crippen molar-refractivity contribution in [3.8, 4) is 11.1 Å². The lowest BCUT2D eigenvalue weighted by atomic mass is 9.88. The number of rotatable bonds is 5. The minimum atomic E-state index is -6.01. The maximum absolute atomic E-state index is 14.2. The third-order valence-corrected chi connectivity index (χ3v) is 5.49. The van der Waals surface area contributed by atoms with Crippen molar-refractivity contribution >= 4 is 23.4 Å². The van der Waals surface area contributed by atoms with Crippen LogP contribution < -0.4 is 11.1 Å². The Hall–Kier alpha value is -3.50. The Balaban J connectivity index is 2.24. The Kier molecular flexibility index (Phi) is 5.95. The second kappa shape index (κ2) is 8.13. The molecule has 1 aliphatic heterocycles. The van der Waals surface area contributed by atoms with Crippen molar-refractivity contribution in [2.45, 2.75) is 32.0 Å². The molecule has 0 bridgehead atoms. The highest BCUT2D eigenvalue weighted by Crippen LogP contribution is 2.43. The normalized spacial score (nSPS) is 16.2. The van der Waals surface area contributed by atoms with Crippen molar-refractivity contribution in [3.05, 3.63) is 54.1 Å². The van der Waals surface area contributed by atoms with Gasteiger partial charge in [-0.25, -0.2) is 0 Å². The van der Waals surface area contributed by atoms with Gasteiger partial charge in [-0.15, -0.1) is 0 Å². The highest BCUT2D eigenvalue weighted by molar-refractivity contribution is 6.08. The molecule has 1 heterocycles. The molecule has 176 valence electrons. The van der Waals surface area contributed by atoms with E-state index in [4.69, 9.17) is 5.73 Å². The van der Waals surface area contributed by atoms with Crippen LogP contribution in [-0.4, -0.2) is 41.3 Å². The second-order valence-electron chi connectivity index (χ2n) is 8.15. The molecule has 0 saturated carbocycles. The predicted octanol–water partition coefficient (Wildman–Crippen LogP) is 3.88. The molecule has 0 radical (unpaired) electrons. The van der Waals surface area contributed by atoms with Gasteiger partial charge in [0.2, 0.25) is 11.8 Å². The molecular weight excluding hydrogens is 449 g/mol. The summed E-state index contributed by atoms with van der Waals surface area (Å²) in [6.07, 6.45) is -6.01. The van der Waals surface area contributed by atoms with Gasteiger partial charge in [0.05, 0.1) is 6.54 Å². The summed E-state index contributed by atoms with van der Waals surface area (Å²) in [5.74, 6) is -9.08. The number of benzene rings is 2. The number of carbonyl (C=O) groups is 3. The molecule has 0 unspecified atom stereocenters. The lowest BCUT2D eigenvalue weighted by Crippen LogP contribution is -2.56. The van der Waals surface area contributed by atoms with Crippen LogP contribution >= 0.6 is 0 Å². The van der Waals surface area contributed by atoms with Gasteiger partial charge in [0.25, 0.3) is 5.91 Å². The van der Waals surface area contributed by atoms with Crippen LogP contribution in [-0.2, 0) is 14.4 Å². The highest BCUT2D eigenvalue weighted by atomic mass is 19.4. The van der Waals surface area contributed by atoms with Gasteiger partial charge in [-0.1, -0.05) is 42.5 Å². The Morgan fingerprint density at radius 2 is 1.52 bits per heavy atom. The minimum absolute atomic E-state index is 0.0199. The number of fused-ring (bicyclic) bond motifs is 3. The number of para-hydroxylation sites is 1. The number of hydrogen-bond donors (Lipinski definition) is 2. The molecule has 3 rings (SSSR count). The fourth-order valence-electron chi connectivity index (χ4n) is 3.51. The van der Waals surface area contributed by atoms with E-state index in [2.05, 4.69) is 5.32 Å². The average molecular weight is 469 g/mol. The van der Waals surface area contributed by atoms with Crippen LogP contribution in [0.5, 0.6) is 0 Å². The van der Waals surface area contributed by atoms with E-state index in [1.54, 1.807) is 30.3 Å². The monoisotopic (exact) mass is 469 g/mol. The molecule has 0 aromatic heterocycles. The van der Waals surface area contributed by atoms with Crippen LogP contribution in [0.1, 0.15) is 25.5 Å². The van der Waals surface area contributed by atoms with Gasteiger partial charge in [-0.05, 0) is 31.0 Å². The van der Waals surface area contributed by atoms with Gasteiger partial charge in [0.15, 0.2) is 0 Å². The highest BCUT2D eigenvalue weighted by Gasteiger charge is 2.60. The van der Waals surface area contributed by atoms with Gasteiger partial charge < -0.3 is 16.0 Å². The SMILES string of the molecule is CC(C)(C(N)=O)C(=O)N(CC(F)(F)C(F)(F)F)[C@@H]1C(=O)Nc2ccccc2-c2ccccc21. The molecule has 0 spiro atoms. The van der Waals surface area contributed by atoms with E-state index >= 15 is 0 Å². The standard InChI is InChI=1S/C22H20F5N3O3/c1-20(2,18(28)32)19(33)30(11-21(23,24)22(25,26)27)16-14-9-4-3-7-12(14)13-8-5-6-10-15(13)29-17(16)31/h3-10,16H,11H2,1-2H3,(H2,28,32)(H,29,31)/t16-/m0/s1. The molecule has 33 heavy (non-hydrogen) atoms. The van der Waals surface area contributed by atoms with Crippen molar-refractivity contribution < 1.29 is 36.3 Å². The van der Waals surface area contributed by atoms with Crippen molar-refractivity contribution in [3.63, 3.8) is 0 Å². The number of alkyl halides is 5. The number of nitrogens with one attached hydrogen (secondary N) is 1. The molecule has 3 amide bonds. The van der Waals surface area contributed by atoms with Crippen molar-refractivity contribution in [1.82, 2.24) is 4.90 Å². The van der Waals surface area contributed by atoms with E-state index in [0.29, 0.717) is 11.1 Å². The Bertz CT molecular complexity index is 1110. The third-order valence-electron chi connectivity index (χ3n) is 5.49. The zero-order valence-electron chi connectivity index (χ0n) is 17.5. The first-order valence-electron chi connectivity index (χ1n) is 9.73. The van der Waals surface area contributed by atoms with Crippen LogP contribution in [0.4, 0.5) is 27.6 Å². The quantitative estimate of drug-likeness (QED) is 0.514. The largest absolute Gasteiger partial charge is 0.455 e. The van der Waals surface area contributed by atoms with Gasteiger partial charge in [-0.3, -0.25) is 14.4 Å². The van der Waals surface area contributed by atoms with Gasteiger partial charge in [0, 0.05) is 11.3 Å². The summed E-state index contributed by atoms with van der Waals surface area (Å²) in [6.45, 7) is -0.202. The Labute approximate surface area is 185 Å². The zero-order chi connectivity index (χ0) is 24.8. The van der Waals surface area contributed by atoms with Crippen LogP contribution in [0.3, 0.4) is 0 Å². The fraction of sp³-hybridized carbons (Fsp3) is 0.318. The maximum atomic E-state index is 14.2. The summed E-state index contributed by atoms with van der Waals surface area (Å²) in [4.78, 5) is 38.3. The number of primary amides is 1. The van der Waals surface area contributed by atoms with Gasteiger partial charge >= 0.3 is 12.1 Å². The number of halogens is 5. The maximum Gasteiger partial charge on any atom is 0.455 e. The lowest BCUT2D eigenvalue weighted by Gasteiger charge is -2.37. The van der Waals surface area contributed by atoms with E-state index in [1.165, 1.54) is 18.2 Å². The van der Waals surface area contributed by atoms with Crippen molar-refractivity contribution in [2.24, 2.45) is 11.1 Å². The first kappa shape index (κ1) is 24.1. The number of nitrogens with zero attached hydrogens (tertiary/aromatic N) is 1. The first-order chi connectivity index (χ1) is 15.2. The van der Waals surface area contributed by atoms with E-state index in [1.807, 2.05) is 0 Å². The number of carbonyl (C=O) groups excluding carboxylic acids is 3. The molecule has 2 aromatic carbocycles. The molecular formula is C22H20F5N3O3. The molecule has 3 N–H and O–H groups in total. The summed E-state index contributed by atoms with van der Waals surface area (Å²) in [6, 6.07) is 10.4. The van der Waals surface area contributed by atoms with E-state index in [-0.39, 0.29) is 16.2 Å². The van der Waals surface area contributed by atoms with Crippen molar-refractivity contribution in [2.75, 3.05) is 11.9 Å². The van der Waals surface area contributed by atoms with Gasteiger partial charge in [0.1, 0.15) is 11.5 Å². The predicted molar refractivity (Wildman–Crippen MR) is 109 cm³/mol.